The lowest BCUT2D eigenvalue weighted by atomic mass is 9.93. The summed E-state index contributed by atoms with van der Waals surface area (Å²) in [6, 6.07) is 13.7. The van der Waals surface area contributed by atoms with Crippen molar-refractivity contribution in [3.63, 3.8) is 0 Å². The highest BCUT2D eigenvalue weighted by Crippen LogP contribution is 2.23. The van der Waals surface area contributed by atoms with Crippen molar-refractivity contribution < 1.29 is 9.59 Å². The fourth-order valence-electron chi connectivity index (χ4n) is 3.09. The molecule has 126 valence electrons. The highest BCUT2D eigenvalue weighted by atomic mass is 32.1. The minimum atomic E-state index is 0.0133. The van der Waals surface area contributed by atoms with Gasteiger partial charge in [-0.15, -0.1) is 11.3 Å². The molecule has 1 amide bonds. The van der Waals surface area contributed by atoms with Crippen molar-refractivity contribution in [3.05, 3.63) is 58.3 Å². The average Bonchev–Trinajstić information content (AvgIpc) is 3.15. The fourth-order valence-corrected chi connectivity index (χ4v) is 3.83. The van der Waals surface area contributed by atoms with Crippen LogP contribution < -0.4 is 5.32 Å². The molecular weight excluding hydrogens is 320 g/mol. The van der Waals surface area contributed by atoms with E-state index >= 15 is 0 Å². The first-order valence-electron chi connectivity index (χ1n) is 8.33. The molecule has 1 saturated heterocycles. The van der Waals surface area contributed by atoms with E-state index in [1.165, 1.54) is 11.3 Å². The highest BCUT2D eigenvalue weighted by molar-refractivity contribution is 7.12. The molecule has 0 aliphatic carbocycles. The smallest absolute Gasteiger partial charge is 0.234 e. The molecule has 0 saturated carbocycles. The molecule has 0 unspecified atom stereocenters. The summed E-state index contributed by atoms with van der Waals surface area (Å²) in [6.07, 6.45) is 1.88. The Morgan fingerprint density at radius 3 is 2.75 bits per heavy atom. The molecule has 4 nitrogen and oxygen atoms in total. The summed E-state index contributed by atoms with van der Waals surface area (Å²) in [7, 11) is 0. The Balaban J connectivity index is 1.48. The van der Waals surface area contributed by atoms with Crippen LogP contribution in [-0.2, 0) is 11.3 Å². The Morgan fingerprint density at radius 2 is 2.00 bits per heavy atom. The van der Waals surface area contributed by atoms with Gasteiger partial charge >= 0.3 is 0 Å². The molecule has 1 N–H and O–H groups in total. The van der Waals surface area contributed by atoms with E-state index in [1.807, 2.05) is 47.8 Å². The van der Waals surface area contributed by atoms with Gasteiger partial charge in [-0.3, -0.25) is 14.5 Å². The van der Waals surface area contributed by atoms with Crippen molar-refractivity contribution >= 4 is 23.0 Å². The van der Waals surface area contributed by atoms with Crippen molar-refractivity contribution in [3.8, 4) is 0 Å². The van der Waals surface area contributed by atoms with E-state index in [9.17, 15) is 9.59 Å². The molecule has 5 heteroatoms. The number of hydrogen-bond acceptors (Lipinski definition) is 4. The lowest BCUT2D eigenvalue weighted by Crippen LogP contribution is -2.44. The molecule has 1 aromatic carbocycles. The molecule has 0 spiro atoms. The Kier molecular flexibility index (Phi) is 5.77. The summed E-state index contributed by atoms with van der Waals surface area (Å²) in [5.74, 6) is 0.252. The quantitative estimate of drug-likeness (QED) is 0.821. The summed E-state index contributed by atoms with van der Waals surface area (Å²) < 4.78 is 0. The number of thiophene rings is 1. The van der Waals surface area contributed by atoms with Crippen molar-refractivity contribution in [1.82, 2.24) is 10.2 Å². The van der Waals surface area contributed by atoms with Gasteiger partial charge in [-0.2, -0.15) is 0 Å². The molecular formula is C19H22N2O2S. The van der Waals surface area contributed by atoms with Crippen LogP contribution in [0.4, 0.5) is 0 Å². The summed E-state index contributed by atoms with van der Waals surface area (Å²) >= 11 is 1.50. The second kappa shape index (κ2) is 8.22. The number of amides is 1. The average molecular weight is 342 g/mol. The third-order valence-corrected chi connectivity index (χ3v) is 5.22. The number of rotatable bonds is 6. The number of nitrogens with one attached hydrogen (secondary N) is 1. The third kappa shape index (κ3) is 4.52. The zero-order chi connectivity index (χ0) is 16.8. The topological polar surface area (TPSA) is 49.4 Å². The van der Waals surface area contributed by atoms with Gasteiger partial charge in [0.25, 0.3) is 0 Å². The van der Waals surface area contributed by atoms with Gasteiger partial charge in [0.1, 0.15) is 0 Å². The van der Waals surface area contributed by atoms with E-state index in [4.69, 9.17) is 0 Å². The highest BCUT2D eigenvalue weighted by Gasteiger charge is 2.27. The molecule has 1 fully saturated rings. The second-order valence-corrected chi connectivity index (χ2v) is 7.13. The van der Waals surface area contributed by atoms with Gasteiger partial charge in [0.15, 0.2) is 5.78 Å². The van der Waals surface area contributed by atoms with Crippen LogP contribution in [0.2, 0.25) is 0 Å². The number of ketones is 1. The Labute approximate surface area is 146 Å². The molecule has 1 aromatic heterocycles. The third-order valence-electron chi connectivity index (χ3n) is 4.34. The maximum absolute atomic E-state index is 12.5. The van der Waals surface area contributed by atoms with Crippen molar-refractivity contribution in [2.45, 2.75) is 19.4 Å². The normalized spacial score (nSPS) is 18.2. The van der Waals surface area contributed by atoms with E-state index in [0.29, 0.717) is 19.6 Å². The summed E-state index contributed by atoms with van der Waals surface area (Å²) in [6.45, 7) is 2.47. The van der Waals surface area contributed by atoms with Gasteiger partial charge in [0.2, 0.25) is 5.91 Å². The molecule has 3 rings (SSSR count). The molecule has 1 aliphatic heterocycles. The molecule has 0 radical (unpaired) electrons. The number of hydrogen-bond donors (Lipinski definition) is 1. The number of nitrogens with zero attached hydrogens (tertiary/aromatic N) is 1. The standard InChI is InChI=1S/C19H22N2O2S/c22-18(20-12-15-6-2-1-3-7-15)14-21-10-4-8-16(13-21)19(23)17-9-5-11-24-17/h1-3,5-7,9,11,16H,4,8,10,12-14H2,(H,20,22)/t16-/m1/s1. The van der Waals surface area contributed by atoms with Gasteiger partial charge in [-0.1, -0.05) is 36.4 Å². The minimum Gasteiger partial charge on any atom is -0.351 e. The van der Waals surface area contributed by atoms with Crippen LogP contribution in [0, 0.1) is 5.92 Å². The monoisotopic (exact) mass is 342 g/mol. The van der Waals surface area contributed by atoms with Crippen LogP contribution in [0.3, 0.4) is 0 Å². The Hall–Kier alpha value is -1.98. The predicted molar refractivity (Wildman–Crippen MR) is 96.1 cm³/mol. The fraction of sp³-hybridized carbons (Fsp3) is 0.368. The van der Waals surface area contributed by atoms with Crippen molar-refractivity contribution in [2.75, 3.05) is 19.6 Å². The molecule has 24 heavy (non-hydrogen) atoms. The molecule has 0 bridgehead atoms. The lowest BCUT2D eigenvalue weighted by Gasteiger charge is -2.31. The largest absolute Gasteiger partial charge is 0.351 e. The zero-order valence-corrected chi connectivity index (χ0v) is 14.4. The van der Waals surface area contributed by atoms with Gasteiger partial charge in [0, 0.05) is 19.0 Å². The van der Waals surface area contributed by atoms with E-state index in [0.717, 1.165) is 29.8 Å². The molecule has 2 aromatic rings. The van der Waals surface area contributed by atoms with Crippen LogP contribution in [0.15, 0.2) is 47.8 Å². The van der Waals surface area contributed by atoms with Crippen molar-refractivity contribution in [2.24, 2.45) is 5.92 Å². The number of Topliss-reactive ketones (excluding diaryl/α,β-unsaturated/α-hetero) is 1. The van der Waals surface area contributed by atoms with E-state index < -0.39 is 0 Å². The first kappa shape index (κ1) is 16.9. The first-order valence-corrected chi connectivity index (χ1v) is 9.21. The Bertz CT molecular complexity index is 670. The van der Waals surface area contributed by atoms with E-state index in [2.05, 4.69) is 10.2 Å². The van der Waals surface area contributed by atoms with Crippen LogP contribution in [0.5, 0.6) is 0 Å². The zero-order valence-electron chi connectivity index (χ0n) is 13.6. The maximum atomic E-state index is 12.5. The van der Waals surface area contributed by atoms with E-state index in [-0.39, 0.29) is 17.6 Å². The minimum absolute atomic E-state index is 0.0133. The molecule has 1 atom stereocenters. The van der Waals surface area contributed by atoms with Crippen LogP contribution in [0.25, 0.3) is 0 Å². The second-order valence-electron chi connectivity index (χ2n) is 6.18. The van der Waals surface area contributed by atoms with Gasteiger partial charge < -0.3 is 5.32 Å². The predicted octanol–water partition coefficient (Wildman–Crippen LogP) is 2.96. The van der Waals surface area contributed by atoms with Gasteiger partial charge in [-0.25, -0.2) is 0 Å². The summed E-state index contributed by atoms with van der Waals surface area (Å²) in [4.78, 5) is 27.6. The molecule has 1 aliphatic rings. The number of carbonyl (C=O) groups excluding carboxylic acids is 2. The lowest BCUT2D eigenvalue weighted by molar-refractivity contribution is -0.122. The Morgan fingerprint density at radius 1 is 1.17 bits per heavy atom. The molecule has 2 heterocycles. The van der Waals surface area contributed by atoms with Crippen LogP contribution in [-0.4, -0.2) is 36.2 Å². The van der Waals surface area contributed by atoms with Crippen LogP contribution >= 0.6 is 11.3 Å². The number of benzene rings is 1. The maximum Gasteiger partial charge on any atom is 0.234 e. The number of piperidine rings is 1. The van der Waals surface area contributed by atoms with Crippen LogP contribution in [0.1, 0.15) is 28.1 Å². The van der Waals surface area contributed by atoms with Gasteiger partial charge in [0.05, 0.1) is 11.4 Å². The summed E-state index contributed by atoms with van der Waals surface area (Å²) in [5, 5.41) is 4.89. The van der Waals surface area contributed by atoms with Crippen molar-refractivity contribution in [1.29, 1.82) is 0 Å². The summed E-state index contributed by atoms with van der Waals surface area (Å²) in [5.41, 5.74) is 1.09. The number of likely N-dealkylation sites (tertiary alicyclic amines) is 1. The van der Waals surface area contributed by atoms with Gasteiger partial charge in [-0.05, 0) is 36.4 Å². The SMILES string of the molecule is O=C(CN1CCC[C@@H](C(=O)c2cccs2)C1)NCc1ccccc1. The number of carbonyl (C=O) groups is 2. The van der Waals surface area contributed by atoms with E-state index in [1.54, 1.807) is 0 Å². The first-order chi connectivity index (χ1) is 11.7.